The summed E-state index contributed by atoms with van der Waals surface area (Å²) >= 11 is 0. The smallest absolute Gasteiger partial charge is 0.128 e. The number of nitrogens with two attached hydrogens (primary N) is 1. The van der Waals surface area contributed by atoms with Gasteiger partial charge in [-0.3, -0.25) is 0 Å². The molecule has 0 aliphatic carbocycles. The van der Waals surface area contributed by atoms with Gasteiger partial charge in [-0.15, -0.1) is 0 Å². The molecule has 1 atom stereocenters. The van der Waals surface area contributed by atoms with Crippen molar-refractivity contribution < 1.29 is 0 Å². The van der Waals surface area contributed by atoms with E-state index in [4.69, 9.17) is 5.73 Å². The van der Waals surface area contributed by atoms with Crippen LogP contribution in [0.3, 0.4) is 0 Å². The molecule has 1 aliphatic heterocycles. The van der Waals surface area contributed by atoms with E-state index in [1.807, 2.05) is 6.20 Å². The fraction of sp³-hybridized carbons (Fsp3) is 0.583. The summed E-state index contributed by atoms with van der Waals surface area (Å²) in [5.74, 6) is 1.10. The highest BCUT2D eigenvalue weighted by molar-refractivity contribution is 5.40. The molecule has 82 valence electrons. The standard InChI is InChI=1S/C12H19N3/c1-2-11(13)10-5-6-12(14-9-10)15-7-3-4-8-15/h5-6,9,11H,2-4,7-8,13H2,1H3/t11-/m1/s1. The van der Waals surface area contributed by atoms with Crippen molar-refractivity contribution >= 4 is 5.82 Å². The Hall–Kier alpha value is -1.09. The molecular formula is C12H19N3. The molecule has 0 spiro atoms. The highest BCUT2D eigenvalue weighted by atomic mass is 15.2. The van der Waals surface area contributed by atoms with Crippen LogP contribution in [-0.2, 0) is 0 Å². The van der Waals surface area contributed by atoms with Gasteiger partial charge < -0.3 is 10.6 Å². The zero-order valence-electron chi connectivity index (χ0n) is 9.32. The minimum atomic E-state index is 0.130. The topological polar surface area (TPSA) is 42.1 Å². The van der Waals surface area contributed by atoms with Gasteiger partial charge in [0, 0.05) is 25.3 Å². The van der Waals surface area contributed by atoms with Crippen LogP contribution in [0.1, 0.15) is 37.8 Å². The largest absolute Gasteiger partial charge is 0.357 e. The van der Waals surface area contributed by atoms with Crippen LogP contribution in [0.4, 0.5) is 5.82 Å². The number of hydrogen-bond donors (Lipinski definition) is 1. The number of anilines is 1. The maximum absolute atomic E-state index is 5.94. The van der Waals surface area contributed by atoms with Crippen molar-refractivity contribution in [2.24, 2.45) is 5.73 Å². The molecule has 1 saturated heterocycles. The first kappa shape index (κ1) is 10.4. The molecule has 2 heterocycles. The molecule has 3 nitrogen and oxygen atoms in total. The summed E-state index contributed by atoms with van der Waals surface area (Å²) in [4.78, 5) is 6.81. The fourth-order valence-corrected chi connectivity index (χ4v) is 1.99. The predicted octanol–water partition coefficient (Wildman–Crippen LogP) is 2.09. The van der Waals surface area contributed by atoms with E-state index in [0.717, 1.165) is 30.9 Å². The van der Waals surface area contributed by atoms with Crippen molar-refractivity contribution in [1.29, 1.82) is 0 Å². The molecule has 2 rings (SSSR count). The van der Waals surface area contributed by atoms with Gasteiger partial charge in [-0.2, -0.15) is 0 Å². The summed E-state index contributed by atoms with van der Waals surface area (Å²) in [7, 11) is 0. The fourth-order valence-electron chi connectivity index (χ4n) is 1.99. The number of pyridine rings is 1. The van der Waals surface area contributed by atoms with E-state index < -0.39 is 0 Å². The Kier molecular flexibility index (Phi) is 3.21. The summed E-state index contributed by atoms with van der Waals surface area (Å²) < 4.78 is 0. The average Bonchev–Trinajstić information content (AvgIpc) is 2.82. The second-order valence-corrected chi connectivity index (χ2v) is 4.16. The van der Waals surface area contributed by atoms with Crippen LogP contribution in [0.2, 0.25) is 0 Å². The van der Waals surface area contributed by atoms with E-state index in [0.29, 0.717) is 0 Å². The van der Waals surface area contributed by atoms with Gasteiger partial charge >= 0.3 is 0 Å². The lowest BCUT2D eigenvalue weighted by Crippen LogP contribution is -2.19. The lowest BCUT2D eigenvalue weighted by Gasteiger charge is -2.17. The zero-order valence-corrected chi connectivity index (χ0v) is 9.32. The van der Waals surface area contributed by atoms with Crippen molar-refractivity contribution in [3.8, 4) is 0 Å². The maximum atomic E-state index is 5.94. The lowest BCUT2D eigenvalue weighted by molar-refractivity contribution is 0.694. The van der Waals surface area contributed by atoms with Crippen LogP contribution in [-0.4, -0.2) is 18.1 Å². The van der Waals surface area contributed by atoms with Crippen molar-refractivity contribution in [1.82, 2.24) is 4.98 Å². The summed E-state index contributed by atoms with van der Waals surface area (Å²) in [5, 5.41) is 0. The van der Waals surface area contributed by atoms with Crippen LogP contribution >= 0.6 is 0 Å². The molecule has 2 N–H and O–H groups in total. The molecule has 0 saturated carbocycles. The van der Waals surface area contributed by atoms with E-state index >= 15 is 0 Å². The summed E-state index contributed by atoms with van der Waals surface area (Å²) in [6.07, 6.45) is 5.46. The van der Waals surface area contributed by atoms with E-state index in [2.05, 4.69) is 28.9 Å². The molecule has 15 heavy (non-hydrogen) atoms. The second-order valence-electron chi connectivity index (χ2n) is 4.16. The number of hydrogen-bond acceptors (Lipinski definition) is 3. The third-order valence-electron chi connectivity index (χ3n) is 3.07. The third kappa shape index (κ3) is 2.29. The van der Waals surface area contributed by atoms with Gasteiger partial charge in [0.05, 0.1) is 0 Å². The van der Waals surface area contributed by atoms with Crippen LogP contribution in [0, 0.1) is 0 Å². The quantitative estimate of drug-likeness (QED) is 0.821. The van der Waals surface area contributed by atoms with Gasteiger partial charge in [0.1, 0.15) is 5.82 Å². The Labute approximate surface area is 91.3 Å². The van der Waals surface area contributed by atoms with Crippen LogP contribution in [0.15, 0.2) is 18.3 Å². The Bertz CT molecular complexity index is 301. The van der Waals surface area contributed by atoms with Crippen molar-refractivity contribution in [2.75, 3.05) is 18.0 Å². The summed E-state index contributed by atoms with van der Waals surface area (Å²) in [5.41, 5.74) is 7.08. The SMILES string of the molecule is CC[C@@H](N)c1ccc(N2CCCC2)nc1. The first-order valence-electron chi connectivity index (χ1n) is 5.77. The Morgan fingerprint density at radius 1 is 1.40 bits per heavy atom. The van der Waals surface area contributed by atoms with Gasteiger partial charge in [0.25, 0.3) is 0 Å². The Morgan fingerprint density at radius 3 is 2.67 bits per heavy atom. The molecule has 0 aromatic carbocycles. The molecule has 0 amide bonds. The van der Waals surface area contributed by atoms with Gasteiger partial charge in [-0.25, -0.2) is 4.98 Å². The first-order chi connectivity index (χ1) is 7.31. The molecule has 0 bridgehead atoms. The highest BCUT2D eigenvalue weighted by Crippen LogP contribution is 2.19. The molecule has 1 aromatic rings. The highest BCUT2D eigenvalue weighted by Gasteiger charge is 2.13. The number of rotatable bonds is 3. The molecule has 3 heteroatoms. The second kappa shape index (κ2) is 4.62. The minimum absolute atomic E-state index is 0.130. The molecule has 1 aromatic heterocycles. The summed E-state index contributed by atoms with van der Waals surface area (Å²) in [6.45, 7) is 4.39. The molecule has 0 unspecified atom stereocenters. The van der Waals surface area contributed by atoms with Crippen LogP contribution < -0.4 is 10.6 Å². The van der Waals surface area contributed by atoms with Crippen LogP contribution in [0.5, 0.6) is 0 Å². The lowest BCUT2D eigenvalue weighted by atomic mass is 10.1. The Balaban J connectivity index is 2.09. The van der Waals surface area contributed by atoms with Gasteiger partial charge in [0.15, 0.2) is 0 Å². The predicted molar refractivity (Wildman–Crippen MR) is 62.9 cm³/mol. The van der Waals surface area contributed by atoms with E-state index in [-0.39, 0.29) is 6.04 Å². The van der Waals surface area contributed by atoms with E-state index in [1.54, 1.807) is 0 Å². The van der Waals surface area contributed by atoms with Gasteiger partial charge in [0.2, 0.25) is 0 Å². The maximum Gasteiger partial charge on any atom is 0.128 e. The molecular weight excluding hydrogens is 186 g/mol. The minimum Gasteiger partial charge on any atom is -0.357 e. The van der Waals surface area contributed by atoms with Crippen molar-refractivity contribution in [3.63, 3.8) is 0 Å². The third-order valence-corrected chi connectivity index (χ3v) is 3.07. The van der Waals surface area contributed by atoms with Crippen LogP contribution in [0.25, 0.3) is 0 Å². The van der Waals surface area contributed by atoms with E-state index in [9.17, 15) is 0 Å². The molecule has 1 fully saturated rings. The van der Waals surface area contributed by atoms with Gasteiger partial charge in [-0.05, 0) is 30.9 Å². The number of nitrogens with zero attached hydrogens (tertiary/aromatic N) is 2. The molecule has 1 aliphatic rings. The summed E-state index contributed by atoms with van der Waals surface area (Å²) in [6, 6.07) is 4.33. The zero-order chi connectivity index (χ0) is 10.7. The van der Waals surface area contributed by atoms with E-state index in [1.165, 1.54) is 12.8 Å². The van der Waals surface area contributed by atoms with Crippen molar-refractivity contribution in [2.45, 2.75) is 32.2 Å². The first-order valence-corrected chi connectivity index (χ1v) is 5.77. The normalized spacial score (nSPS) is 18.1. The molecule has 0 radical (unpaired) electrons. The van der Waals surface area contributed by atoms with Gasteiger partial charge in [-0.1, -0.05) is 13.0 Å². The average molecular weight is 205 g/mol. The monoisotopic (exact) mass is 205 g/mol. The van der Waals surface area contributed by atoms with Crippen molar-refractivity contribution in [3.05, 3.63) is 23.9 Å². The number of aromatic nitrogens is 1. The Morgan fingerprint density at radius 2 is 2.13 bits per heavy atom.